The van der Waals surface area contributed by atoms with E-state index in [2.05, 4.69) is 10.8 Å². The van der Waals surface area contributed by atoms with Crippen LogP contribution in [-0.2, 0) is 4.84 Å². The predicted octanol–water partition coefficient (Wildman–Crippen LogP) is -1.32. The molecule has 1 rings (SSSR count). The quantitative estimate of drug-likeness (QED) is 0.431. The summed E-state index contributed by atoms with van der Waals surface area (Å²) in [6, 6.07) is 0.280. The molecule has 1 heterocycles. The molecule has 0 saturated carbocycles. The van der Waals surface area contributed by atoms with Crippen molar-refractivity contribution in [3.8, 4) is 0 Å². The molecule has 0 aromatic rings. The van der Waals surface area contributed by atoms with Crippen LogP contribution in [0.5, 0.6) is 0 Å². The van der Waals surface area contributed by atoms with E-state index in [1.54, 1.807) is 7.11 Å². The van der Waals surface area contributed by atoms with Crippen molar-refractivity contribution in [3.05, 3.63) is 0 Å². The Morgan fingerprint density at radius 1 is 1.70 bits per heavy atom. The van der Waals surface area contributed by atoms with Gasteiger partial charge < -0.3 is 15.9 Å². The third-order valence-electron chi connectivity index (χ3n) is 1.88. The lowest BCUT2D eigenvalue weighted by Gasteiger charge is -2.12. The molecular formula is C6H15N3O. The first-order valence-electron chi connectivity index (χ1n) is 3.56. The van der Waals surface area contributed by atoms with Crippen LogP contribution in [0.25, 0.3) is 0 Å². The number of hydrogen-bond acceptors (Lipinski definition) is 4. The van der Waals surface area contributed by atoms with Crippen molar-refractivity contribution in [1.82, 2.24) is 10.8 Å². The van der Waals surface area contributed by atoms with Gasteiger partial charge in [-0.1, -0.05) is 0 Å². The third kappa shape index (κ3) is 1.91. The highest BCUT2D eigenvalue weighted by Gasteiger charge is 2.22. The number of rotatable bonds is 3. The molecule has 2 atom stereocenters. The van der Waals surface area contributed by atoms with Gasteiger partial charge in [0.2, 0.25) is 0 Å². The smallest absolute Gasteiger partial charge is 0.0572 e. The first-order chi connectivity index (χ1) is 4.84. The molecule has 1 fully saturated rings. The maximum absolute atomic E-state index is 5.76. The zero-order valence-electron chi connectivity index (χ0n) is 6.26. The van der Waals surface area contributed by atoms with E-state index in [0.717, 1.165) is 19.6 Å². The van der Waals surface area contributed by atoms with Crippen molar-refractivity contribution >= 4 is 0 Å². The van der Waals surface area contributed by atoms with Crippen LogP contribution in [0.4, 0.5) is 0 Å². The van der Waals surface area contributed by atoms with Gasteiger partial charge in [-0.25, -0.2) is 5.48 Å². The summed E-state index contributed by atoms with van der Waals surface area (Å²) in [5, 5.41) is 3.21. The zero-order valence-corrected chi connectivity index (χ0v) is 6.26. The number of nitrogens with two attached hydrogens (primary N) is 1. The molecule has 0 radical (unpaired) electrons. The number of hydrogen-bond donors (Lipinski definition) is 3. The largest absolute Gasteiger partial charge is 0.326 e. The van der Waals surface area contributed by atoms with E-state index in [1.165, 1.54) is 0 Å². The van der Waals surface area contributed by atoms with E-state index in [4.69, 9.17) is 10.6 Å². The second-order valence-corrected chi connectivity index (χ2v) is 2.63. The summed E-state index contributed by atoms with van der Waals surface area (Å²) in [6.07, 6.45) is 0. The zero-order chi connectivity index (χ0) is 7.40. The number of nitrogens with one attached hydrogen (secondary N) is 2. The fourth-order valence-corrected chi connectivity index (χ4v) is 1.17. The molecule has 0 spiro atoms. The summed E-state index contributed by atoms with van der Waals surface area (Å²) in [5.74, 6) is 0.514. The maximum atomic E-state index is 5.76. The van der Waals surface area contributed by atoms with Gasteiger partial charge in [0.15, 0.2) is 0 Å². The average Bonchev–Trinajstić information content (AvgIpc) is 2.31. The Morgan fingerprint density at radius 2 is 2.50 bits per heavy atom. The number of hydroxylamine groups is 1. The lowest BCUT2D eigenvalue weighted by molar-refractivity contribution is 0.0802. The van der Waals surface area contributed by atoms with Crippen LogP contribution in [0.2, 0.25) is 0 Å². The van der Waals surface area contributed by atoms with Gasteiger partial charge in [-0.2, -0.15) is 0 Å². The van der Waals surface area contributed by atoms with E-state index >= 15 is 0 Å². The normalized spacial score (nSPS) is 33.0. The highest BCUT2D eigenvalue weighted by Crippen LogP contribution is 2.04. The third-order valence-corrected chi connectivity index (χ3v) is 1.88. The molecule has 4 heteroatoms. The standard InChI is InChI=1S/C6H15N3O/c1-10-9-3-5-2-8-4-6(5)7/h5-6,8-9H,2-4,7H2,1H3. The second kappa shape index (κ2) is 3.88. The molecule has 1 aliphatic heterocycles. The van der Waals surface area contributed by atoms with Crippen LogP contribution >= 0.6 is 0 Å². The minimum absolute atomic E-state index is 0.280. The Bertz CT molecular complexity index is 99.0. The van der Waals surface area contributed by atoms with Crippen LogP contribution in [0.15, 0.2) is 0 Å². The molecule has 1 aliphatic rings. The molecule has 4 N–H and O–H groups in total. The lowest BCUT2D eigenvalue weighted by atomic mass is 10.1. The van der Waals surface area contributed by atoms with Crippen molar-refractivity contribution in [1.29, 1.82) is 0 Å². The van der Waals surface area contributed by atoms with Crippen LogP contribution in [0.3, 0.4) is 0 Å². The van der Waals surface area contributed by atoms with E-state index in [1.807, 2.05) is 0 Å². The summed E-state index contributed by atoms with van der Waals surface area (Å²) < 4.78 is 0. The highest BCUT2D eigenvalue weighted by molar-refractivity contribution is 4.84. The second-order valence-electron chi connectivity index (χ2n) is 2.63. The summed E-state index contributed by atoms with van der Waals surface area (Å²) in [7, 11) is 1.62. The first kappa shape index (κ1) is 7.94. The molecule has 0 aromatic carbocycles. The topological polar surface area (TPSA) is 59.3 Å². The molecule has 2 unspecified atom stereocenters. The Kier molecular flexibility index (Phi) is 3.08. The van der Waals surface area contributed by atoms with Gasteiger partial charge in [0, 0.05) is 31.6 Å². The molecule has 4 nitrogen and oxygen atoms in total. The van der Waals surface area contributed by atoms with Crippen molar-refractivity contribution < 1.29 is 4.84 Å². The maximum Gasteiger partial charge on any atom is 0.0572 e. The van der Waals surface area contributed by atoms with Gasteiger partial charge in [0.1, 0.15) is 0 Å². The minimum atomic E-state index is 0.280. The predicted molar refractivity (Wildman–Crippen MR) is 39.3 cm³/mol. The summed E-state index contributed by atoms with van der Waals surface area (Å²) in [6.45, 7) is 2.76. The molecular weight excluding hydrogens is 130 g/mol. The van der Waals surface area contributed by atoms with E-state index in [0.29, 0.717) is 5.92 Å². The van der Waals surface area contributed by atoms with Crippen molar-refractivity contribution in [2.75, 3.05) is 26.7 Å². The average molecular weight is 145 g/mol. The molecule has 1 saturated heterocycles. The highest BCUT2D eigenvalue weighted by atomic mass is 16.6. The monoisotopic (exact) mass is 145 g/mol. The Labute approximate surface area is 61.1 Å². The van der Waals surface area contributed by atoms with E-state index in [9.17, 15) is 0 Å². The summed E-state index contributed by atoms with van der Waals surface area (Å²) >= 11 is 0. The van der Waals surface area contributed by atoms with Crippen LogP contribution in [-0.4, -0.2) is 32.8 Å². The molecule has 10 heavy (non-hydrogen) atoms. The lowest BCUT2D eigenvalue weighted by Crippen LogP contribution is -2.35. The van der Waals surface area contributed by atoms with Gasteiger partial charge in [-0.15, -0.1) is 0 Å². The minimum Gasteiger partial charge on any atom is -0.326 e. The Balaban J connectivity index is 2.14. The molecule has 0 amide bonds. The van der Waals surface area contributed by atoms with Crippen LogP contribution < -0.4 is 16.5 Å². The SMILES string of the molecule is CONCC1CNCC1N. The fourth-order valence-electron chi connectivity index (χ4n) is 1.17. The fraction of sp³-hybridized carbons (Fsp3) is 1.00. The Hall–Kier alpha value is -0.160. The van der Waals surface area contributed by atoms with Crippen LogP contribution in [0.1, 0.15) is 0 Å². The first-order valence-corrected chi connectivity index (χ1v) is 3.56. The molecule has 0 bridgehead atoms. The van der Waals surface area contributed by atoms with Crippen molar-refractivity contribution in [2.24, 2.45) is 11.7 Å². The molecule has 0 aromatic heterocycles. The van der Waals surface area contributed by atoms with Gasteiger partial charge >= 0.3 is 0 Å². The van der Waals surface area contributed by atoms with Gasteiger partial charge in [-0.05, 0) is 0 Å². The van der Waals surface area contributed by atoms with Crippen LogP contribution in [0, 0.1) is 5.92 Å². The van der Waals surface area contributed by atoms with Gasteiger partial charge in [-0.3, -0.25) is 0 Å². The summed E-state index contributed by atoms with van der Waals surface area (Å²) in [4.78, 5) is 4.72. The van der Waals surface area contributed by atoms with E-state index < -0.39 is 0 Å². The van der Waals surface area contributed by atoms with Crippen molar-refractivity contribution in [3.63, 3.8) is 0 Å². The molecule has 0 aliphatic carbocycles. The van der Waals surface area contributed by atoms with Gasteiger partial charge in [0.25, 0.3) is 0 Å². The summed E-state index contributed by atoms with van der Waals surface area (Å²) in [5.41, 5.74) is 8.56. The van der Waals surface area contributed by atoms with Gasteiger partial charge in [0.05, 0.1) is 7.11 Å². The van der Waals surface area contributed by atoms with E-state index in [-0.39, 0.29) is 6.04 Å². The molecule has 60 valence electrons. The van der Waals surface area contributed by atoms with Crippen molar-refractivity contribution in [2.45, 2.75) is 6.04 Å². The Morgan fingerprint density at radius 3 is 3.00 bits per heavy atom.